The van der Waals surface area contributed by atoms with Crippen LogP contribution in [0, 0.1) is 0 Å². The Balaban J connectivity index is 1.80. The summed E-state index contributed by atoms with van der Waals surface area (Å²) in [6, 6.07) is 4.70. The summed E-state index contributed by atoms with van der Waals surface area (Å²) in [7, 11) is 3.64. The average molecular weight is 415 g/mol. The number of nitrogen functional groups attached to an aromatic ring is 1. The van der Waals surface area contributed by atoms with Gasteiger partial charge in [0.1, 0.15) is 0 Å². The molecule has 13 heteroatoms. The monoisotopic (exact) mass is 415 g/mol. The minimum absolute atomic E-state index is 0.0160. The fourth-order valence-electron chi connectivity index (χ4n) is 2.53. The lowest BCUT2D eigenvalue weighted by Gasteiger charge is -2.11. The van der Waals surface area contributed by atoms with Crippen molar-refractivity contribution in [3.8, 4) is 17.3 Å². The quantitative estimate of drug-likeness (QED) is 0.340. The molecule has 2 heterocycles. The van der Waals surface area contributed by atoms with Crippen LogP contribution in [-0.4, -0.2) is 68.1 Å². The van der Waals surface area contributed by atoms with Gasteiger partial charge in [-0.1, -0.05) is 5.21 Å². The van der Waals surface area contributed by atoms with Crippen molar-refractivity contribution in [2.24, 2.45) is 5.10 Å². The number of benzene rings is 1. The second kappa shape index (κ2) is 9.00. The number of rotatable bonds is 8. The van der Waals surface area contributed by atoms with E-state index in [-0.39, 0.29) is 23.1 Å². The zero-order valence-corrected chi connectivity index (χ0v) is 16.6. The van der Waals surface area contributed by atoms with E-state index in [2.05, 4.69) is 35.8 Å². The van der Waals surface area contributed by atoms with Gasteiger partial charge in [-0.25, -0.2) is 10.1 Å². The number of phenols is 1. The first-order valence-electron chi connectivity index (χ1n) is 8.87. The topological polar surface area (TPSA) is 170 Å². The molecule has 1 amide bonds. The Bertz CT molecular complexity index is 1060. The van der Waals surface area contributed by atoms with E-state index in [4.69, 9.17) is 10.5 Å². The third-order valence-electron chi connectivity index (χ3n) is 3.80. The van der Waals surface area contributed by atoms with Gasteiger partial charge in [0.2, 0.25) is 11.6 Å². The first kappa shape index (κ1) is 20.7. The molecular formula is C17H21N9O4. The normalized spacial score (nSPS) is 11.3. The van der Waals surface area contributed by atoms with Crippen molar-refractivity contribution < 1.29 is 19.3 Å². The summed E-state index contributed by atoms with van der Waals surface area (Å²) in [5.41, 5.74) is 9.22. The predicted molar refractivity (Wildman–Crippen MR) is 105 cm³/mol. The Morgan fingerprint density at radius 3 is 2.90 bits per heavy atom. The van der Waals surface area contributed by atoms with Gasteiger partial charge >= 0.3 is 0 Å². The molecular weight excluding hydrogens is 394 g/mol. The van der Waals surface area contributed by atoms with Crippen molar-refractivity contribution in [3.63, 3.8) is 0 Å². The number of hydrazone groups is 1. The summed E-state index contributed by atoms with van der Waals surface area (Å²) in [6.45, 7) is 2.53. The molecule has 0 saturated heterocycles. The lowest BCUT2D eigenvalue weighted by Crippen LogP contribution is -2.23. The van der Waals surface area contributed by atoms with E-state index >= 15 is 0 Å². The number of hydrogen-bond acceptors (Lipinski definition) is 11. The largest absolute Gasteiger partial charge is 0.504 e. The minimum Gasteiger partial charge on any atom is -0.504 e. The molecule has 3 aromatic rings. The first-order chi connectivity index (χ1) is 14.4. The lowest BCUT2D eigenvalue weighted by molar-refractivity contribution is 0.0948. The molecule has 0 aliphatic heterocycles. The molecule has 0 aliphatic carbocycles. The Hall–Kier alpha value is -4.00. The fraction of sp³-hybridized carbons (Fsp3) is 0.294. The van der Waals surface area contributed by atoms with Crippen LogP contribution in [0.3, 0.4) is 0 Å². The number of hydrogen-bond donors (Lipinski definition) is 3. The number of nitrogens with zero attached hydrogens (tertiary/aromatic N) is 7. The van der Waals surface area contributed by atoms with Gasteiger partial charge in [-0.15, -0.1) is 5.10 Å². The van der Waals surface area contributed by atoms with Crippen molar-refractivity contribution in [1.82, 2.24) is 35.6 Å². The highest BCUT2D eigenvalue weighted by Gasteiger charge is 2.24. The summed E-state index contributed by atoms with van der Waals surface area (Å²) in [4.78, 5) is 14.4. The second-order valence-corrected chi connectivity index (χ2v) is 6.37. The Kier molecular flexibility index (Phi) is 6.22. The van der Waals surface area contributed by atoms with Crippen molar-refractivity contribution >= 4 is 17.9 Å². The molecule has 0 unspecified atom stereocenters. The minimum atomic E-state index is -0.576. The Labute approximate surface area is 171 Å². The smallest absolute Gasteiger partial charge is 0.293 e. The van der Waals surface area contributed by atoms with Crippen molar-refractivity contribution in [2.75, 3.05) is 26.4 Å². The summed E-state index contributed by atoms with van der Waals surface area (Å²) in [5, 5.41) is 28.8. The number of amides is 1. The maximum atomic E-state index is 12.6. The number of ether oxygens (including phenoxy) is 1. The molecule has 0 bridgehead atoms. The number of aromatic hydroxyl groups is 1. The van der Waals surface area contributed by atoms with Crippen LogP contribution in [0.15, 0.2) is 27.9 Å². The molecule has 13 nitrogen and oxygen atoms in total. The van der Waals surface area contributed by atoms with Crippen LogP contribution in [0.2, 0.25) is 0 Å². The van der Waals surface area contributed by atoms with E-state index in [9.17, 15) is 9.90 Å². The van der Waals surface area contributed by atoms with Gasteiger partial charge in [0.05, 0.1) is 18.5 Å². The number of anilines is 1. The molecule has 1 aromatic carbocycles. The van der Waals surface area contributed by atoms with Crippen LogP contribution in [0.4, 0.5) is 5.82 Å². The molecule has 30 heavy (non-hydrogen) atoms. The van der Waals surface area contributed by atoms with Gasteiger partial charge in [0.25, 0.3) is 5.91 Å². The van der Waals surface area contributed by atoms with E-state index in [1.807, 2.05) is 25.9 Å². The lowest BCUT2D eigenvalue weighted by atomic mass is 10.2. The molecule has 0 atom stereocenters. The van der Waals surface area contributed by atoms with E-state index < -0.39 is 5.91 Å². The standard InChI is InChI=1S/C17H21N9O4/c1-4-29-13-7-10(5-6-12(13)27)8-19-21-17(28)14-11(9-25(2)3)26(24-20-14)16-15(18)22-30-23-16/h5-8,27H,4,9H2,1-3H3,(H2,18,22)(H,21,28). The number of carbonyl (C=O) groups excluding carboxylic acids is 1. The predicted octanol–water partition coefficient (Wildman–Crippen LogP) is 0.162. The molecule has 2 aromatic heterocycles. The molecule has 158 valence electrons. The highest BCUT2D eigenvalue weighted by Crippen LogP contribution is 2.26. The van der Waals surface area contributed by atoms with Gasteiger partial charge in [0.15, 0.2) is 17.2 Å². The van der Waals surface area contributed by atoms with E-state index in [1.165, 1.54) is 17.0 Å². The Morgan fingerprint density at radius 2 is 2.23 bits per heavy atom. The third-order valence-corrected chi connectivity index (χ3v) is 3.80. The van der Waals surface area contributed by atoms with Gasteiger partial charge in [-0.05, 0) is 55.1 Å². The van der Waals surface area contributed by atoms with E-state index in [0.717, 1.165) is 0 Å². The van der Waals surface area contributed by atoms with Crippen LogP contribution in [0.25, 0.3) is 5.82 Å². The van der Waals surface area contributed by atoms with Crippen molar-refractivity contribution in [3.05, 3.63) is 35.2 Å². The summed E-state index contributed by atoms with van der Waals surface area (Å²) < 4.78 is 11.2. The second-order valence-electron chi connectivity index (χ2n) is 6.37. The molecule has 3 rings (SSSR count). The molecule has 4 N–H and O–H groups in total. The number of nitrogens with one attached hydrogen (secondary N) is 1. The average Bonchev–Trinajstić information content (AvgIpc) is 3.29. The third kappa shape index (κ3) is 4.52. The van der Waals surface area contributed by atoms with Gasteiger partial charge in [-0.2, -0.15) is 9.78 Å². The van der Waals surface area contributed by atoms with Crippen LogP contribution >= 0.6 is 0 Å². The number of aromatic nitrogens is 5. The molecule has 0 radical (unpaired) electrons. The Morgan fingerprint density at radius 1 is 1.43 bits per heavy atom. The highest BCUT2D eigenvalue weighted by atomic mass is 16.6. The maximum Gasteiger partial charge on any atom is 0.293 e. The van der Waals surface area contributed by atoms with Gasteiger partial charge < -0.3 is 20.5 Å². The van der Waals surface area contributed by atoms with Gasteiger partial charge in [0, 0.05) is 6.54 Å². The van der Waals surface area contributed by atoms with Crippen LogP contribution in [0.1, 0.15) is 28.7 Å². The van der Waals surface area contributed by atoms with E-state index in [1.54, 1.807) is 12.1 Å². The zero-order valence-electron chi connectivity index (χ0n) is 16.6. The van der Waals surface area contributed by atoms with Crippen molar-refractivity contribution in [1.29, 1.82) is 0 Å². The molecule has 0 fully saturated rings. The highest BCUT2D eigenvalue weighted by molar-refractivity contribution is 5.94. The van der Waals surface area contributed by atoms with Crippen molar-refractivity contribution in [2.45, 2.75) is 13.5 Å². The van der Waals surface area contributed by atoms with Crippen LogP contribution < -0.4 is 15.9 Å². The number of phenolic OH excluding ortho intramolecular Hbond substituents is 1. The summed E-state index contributed by atoms with van der Waals surface area (Å²) >= 11 is 0. The molecule has 0 aliphatic rings. The molecule has 0 spiro atoms. The maximum absolute atomic E-state index is 12.6. The fourth-order valence-corrected chi connectivity index (χ4v) is 2.53. The summed E-state index contributed by atoms with van der Waals surface area (Å²) in [5.74, 6) is -0.0858. The summed E-state index contributed by atoms with van der Waals surface area (Å²) in [6.07, 6.45) is 1.41. The SMILES string of the molecule is CCOc1cc(C=NNC(=O)c2nnn(-c3nonc3N)c2CN(C)C)ccc1O. The van der Waals surface area contributed by atoms with E-state index in [0.29, 0.717) is 30.2 Å². The first-order valence-corrected chi connectivity index (χ1v) is 8.87. The number of carbonyl (C=O) groups is 1. The van der Waals surface area contributed by atoms with Crippen LogP contribution in [-0.2, 0) is 6.54 Å². The van der Waals surface area contributed by atoms with Gasteiger partial charge in [-0.3, -0.25) is 4.79 Å². The van der Waals surface area contributed by atoms with Crippen LogP contribution in [0.5, 0.6) is 11.5 Å². The molecule has 0 saturated carbocycles. The number of nitrogens with two attached hydrogens (primary N) is 1. The zero-order chi connectivity index (χ0) is 21.7.